The molecule has 0 saturated heterocycles. The third-order valence-electron chi connectivity index (χ3n) is 5.20. The standard InChI is InChI=1S/C24H44N2O4/c1-17(2)25(18(3)4)13-21(27)15-29-23-9-11-24(12-10-23)30-16-22(28)14-26(19(5)6)20(7)8/h9-12,17-22,27-28H,13-16H2,1-8H3/t21-,22+. The molecular formula is C24H44N2O4. The van der Waals surface area contributed by atoms with Crippen molar-refractivity contribution >= 4 is 0 Å². The summed E-state index contributed by atoms with van der Waals surface area (Å²) < 4.78 is 11.5. The fourth-order valence-corrected chi connectivity index (χ4v) is 3.64. The average Bonchev–Trinajstić information content (AvgIpc) is 2.66. The van der Waals surface area contributed by atoms with Crippen LogP contribution in [-0.2, 0) is 0 Å². The zero-order valence-corrected chi connectivity index (χ0v) is 20.2. The van der Waals surface area contributed by atoms with Crippen LogP contribution >= 0.6 is 0 Å². The van der Waals surface area contributed by atoms with Gasteiger partial charge in [0.1, 0.15) is 36.9 Å². The van der Waals surface area contributed by atoms with Crippen molar-refractivity contribution in [1.82, 2.24) is 9.80 Å². The Balaban J connectivity index is 2.44. The molecule has 1 rings (SSSR count). The highest BCUT2D eigenvalue weighted by molar-refractivity contribution is 5.31. The van der Waals surface area contributed by atoms with Gasteiger partial charge < -0.3 is 19.7 Å². The molecule has 0 aromatic heterocycles. The van der Waals surface area contributed by atoms with Crippen LogP contribution in [0.1, 0.15) is 55.4 Å². The lowest BCUT2D eigenvalue weighted by molar-refractivity contribution is 0.0436. The van der Waals surface area contributed by atoms with Gasteiger partial charge in [0.05, 0.1) is 0 Å². The summed E-state index contributed by atoms with van der Waals surface area (Å²) in [7, 11) is 0. The number of benzene rings is 1. The van der Waals surface area contributed by atoms with Gasteiger partial charge in [-0.15, -0.1) is 0 Å². The molecule has 0 aliphatic rings. The van der Waals surface area contributed by atoms with Crippen LogP contribution in [0.3, 0.4) is 0 Å². The van der Waals surface area contributed by atoms with Gasteiger partial charge in [-0.25, -0.2) is 0 Å². The molecule has 2 atom stereocenters. The van der Waals surface area contributed by atoms with Gasteiger partial charge in [0, 0.05) is 37.3 Å². The van der Waals surface area contributed by atoms with E-state index in [0.717, 1.165) is 0 Å². The molecule has 6 heteroatoms. The first kappa shape index (κ1) is 26.7. The van der Waals surface area contributed by atoms with Gasteiger partial charge in [0.2, 0.25) is 0 Å². The van der Waals surface area contributed by atoms with Crippen molar-refractivity contribution in [2.75, 3.05) is 26.3 Å². The highest BCUT2D eigenvalue weighted by Gasteiger charge is 2.19. The monoisotopic (exact) mass is 424 g/mol. The summed E-state index contributed by atoms with van der Waals surface area (Å²) in [6, 6.07) is 8.80. The van der Waals surface area contributed by atoms with Gasteiger partial charge in [-0.2, -0.15) is 0 Å². The van der Waals surface area contributed by atoms with E-state index in [4.69, 9.17) is 9.47 Å². The van der Waals surface area contributed by atoms with E-state index in [1.165, 1.54) is 0 Å². The van der Waals surface area contributed by atoms with E-state index in [9.17, 15) is 10.2 Å². The Labute approximate surface area is 183 Å². The Kier molecular flexibility index (Phi) is 11.7. The quantitative estimate of drug-likeness (QED) is 0.477. The second-order valence-corrected chi connectivity index (χ2v) is 9.17. The Morgan fingerprint density at radius 1 is 0.600 bits per heavy atom. The summed E-state index contributed by atoms with van der Waals surface area (Å²) in [6.07, 6.45) is -1.10. The van der Waals surface area contributed by atoms with Crippen LogP contribution in [0.25, 0.3) is 0 Å². The largest absolute Gasteiger partial charge is 0.491 e. The second kappa shape index (κ2) is 13.2. The molecule has 0 aliphatic heterocycles. The first-order valence-electron chi connectivity index (χ1n) is 11.2. The van der Waals surface area contributed by atoms with Crippen molar-refractivity contribution in [3.05, 3.63) is 24.3 Å². The zero-order valence-electron chi connectivity index (χ0n) is 20.2. The van der Waals surface area contributed by atoms with Crippen molar-refractivity contribution in [3.8, 4) is 11.5 Å². The van der Waals surface area contributed by atoms with E-state index in [1.807, 2.05) is 24.3 Å². The molecule has 0 bridgehead atoms. The molecule has 1 aromatic rings. The number of hydrogen-bond acceptors (Lipinski definition) is 6. The first-order chi connectivity index (χ1) is 14.0. The van der Waals surface area contributed by atoms with Crippen LogP contribution in [0.2, 0.25) is 0 Å². The Morgan fingerprint density at radius 2 is 0.867 bits per heavy atom. The Morgan fingerprint density at radius 3 is 1.10 bits per heavy atom. The van der Waals surface area contributed by atoms with Crippen LogP contribution in [0.4, 0.5) is 0 Å². The minimum atomic E-state index is -0.550. The summed E-state index contributed by atoms with van der Waals surface area (Å²) in [6.45, 7) is 18.7. The molecule has 6 nitrogen and oxygen atoms in total. The number of hydrogen-bond donors (Lipinski definition) is 2. The molecule has 30 heavy (non-hydrogen) atoms. The lowest BCUT2D eigenvalue weighted by Crippen LogP contribution is -2.43. The number of aliphatic hydroxyl groups is 2. The summed E-state index contributed by atoms with van der Waals surface area (Å²) in [5, 5.41) is 20.6. The summed E-state index contributed by atoms with van der Waals surface area (Å²) >= 11 is 0. The minimum Gasteiger partial charge on any atom is -0.491 e. The molecule has 0 saturated carbocycles. The molecule has 0 amide bonds. The topological polar surface area (TPSA) is 65.4 Å². The minimum absolute atomic E-state index is 0.245. The molecule has 174 valence electrons. The maximum absolute atomic E-state index is 10.3. The number of rotatable bonds is 14. The van der Waals surface area contributed by atoms with Crippen LogP contribution in [0.5, 0.6) is 11.5 Å². The molecule has 0 unspecified atom stereocenters. The van der Waals surface area contributed by atoms with E-state index >= 15 is 0 Å². The van der Waals surface area contributed by atoms with E-state index in [-0.39, 0.29) is 13.2 Å². The third-order valence-corrected chi connectivity index (χ3v) is 5.20. The zero-order chi connectivity index (χ0) is 22.8. The van der Waals surface area contributed by atoms with Crippen molar-refractivity contribution in [2.24, 2.45) is 0 Å². The van der Waals surface area contributed by atoms with Gasteiger partial charge in [0.15, 0.2) is 0 Å². The van der Waals surface area contributed by atoms with E-state index in [2.05, 4.69) is 65.2 Å². The molecule has 0 heterocycles. The smallest absolute Gasteiger partial charge is 0.119 e. The first-order valence-corrected chi connectivity index (χ1v) is 11.2. The van der Waals surface area contributed by atoms with Gasteiger partial charge in [-0.3, -0.25) is 9.80 Å². The molecule has 0 fully saturated rings. The molecule has 0 aliphatic carbocycles. The molecule has 2 N–H and O–H groups in total. The van der Waals surface area contributed by atoms with E-state index in [0.29, 0.717) is 48.8 Å². The Hall–Kier alpha value is -1.34. The van der Waals surface area contributed by atoms with Gasteiger partial charge in [0.25, 0.3) is 0 Å². The molecule has 1 aromatic carbocycles. The fourth-order valence-electron chi connectivity index (χ4n) is 3.64. The lowest BCUT2D eigenvalue weighted by Gasteiger charge is -2.32. The fraction of sp³-hybridized carbons (Fsp3) is 0.750. The molecule has 0 radical (unpaired) electrons. The number of aliphatic hydroxyl groups excluding tert-OH is 2. The third kappa shape index (κ3) is 9.65. The molecular weight excluding hydrogens is 380 g/mol. The normalized spacial score (nSPS) is 14.4. The van der Waals surface area contributed by atoms with Gasteiger partial charge >= 0.3 is 0 Å². The predicted molar refractivity (Wildman–Crippen MR) is 123 cm³/mol. The van der Waals surface area contributed by atoms with Gasteiger partial charge in [-0.05, 0) is 79.7 Å². The summed E-state index contributed by atoms with van der Waals surface area (Å²) in [5.41, 5.74) is 0. The number of nitrogens with zero attached hydrogens (tertiary/aromatic N) is 2. The van der Waals surface area contributed by atoms with Crippen molar-refractivity contribution in [3.63, 3.8) is 0 Å². The maximum atomic E-state index is 10.3. The average molecular weight is 425 g/mol. The van der Waals surface area contributed by atoms with Crippen molar-refractivity contribution in [1.29, 1.82) is 0 Å². The van der Waals surface area contributed by atoms with Crippen LogP contribution in [-0.4, -0.2) is 82.7 Å². The predicted octanol–water partition coefficient (Wildman–Crippen LogP) is 3.40. The van der Waals surface area contributed by atoms with Crippen LogP contribution in [0, 0.1) is 0 Å². The van der Waals surface area contributed by atoms with Crippen molar-refractivity contribution in [2.45, 2.75) is 91.8 Å². The van der Waals surface area contributed by atoms with E-state index < -0.39 is 12.2 Å². The van der Waals surface area contributed by atoms with E-state index in [1.54, 1.807) is 0 Å². The highest BCUT2D eigenvalue weighted by Crippen LogP contribution is 2.18. The Bertz CT molecular complexity index is 508. The highest BCUT2D eigenvalue weighted by atomic mass is 16.5. The summed E-state index contributed by atoms with van der Waals surface area (Å²) in [5.74, 6) is 1.38. The van der Waals surface area contributed by atoms with Gasteiger partial charge in [-0.1, -0.05) is 0 Å². The van der Waals surface area contributed by atoms with Crippen molar-refractivity contribution < 1.29 is 19.7 Å². The lowest BCUT2D eigenvalue weighted by atomic mass is 10.2. The SMILES string of the molecule is CC(C)N(C[C@H](O)COc1ccc(OC[C@H](O)CN(C(C)C)C(C)C)cc1)C(C)C. The van der Waals surface area contributed by atoms with Crippen LogP contribution in [0.15, 0.2) is 24.3 Å². The maximum Gasteiger partial charge on any atom is 0.119 e. The number of ether oxygens (including phenoxy) is 2. The van der Waals surface area contributed by atoms with Crippen LogP contribution < -0.4 is 9.47 Å². The molecule has 0 spiro atoms. The second-order valence-electron chi connectivity index (χ2n) is 9.17. The summed E-state index contributed by atoms with van der Waals surface area (Å²) in [4.78, 5) is 4.49.